The molecule has 0 aliphatic carbocycles. The van der Waals surface area contributed by atoms with Crippen molar-refractivity contribution in [2.24, 2.45) is 0 Å². The first-order valence-electron chi connectivity index (χ1n) is 7.61. The van der Waals surface area contributed by atoms with E-state index in [2.05, 4.69) is 74.0 Å². The Bertz CT molecular complexity index is 540. The van der Waals surface area contributed by atoms with Crippen LogP contribution in [-0.4, -0.2) is 4.57 Å². The molecule has 1 atom stereocenters. The van der Waals surface area contributed by atoms with E-state index in [4.69, 9.17) is 0 Å². The highest BCUT2D eigenvalue weighted by atomic mass is 15.0. The Labute approximate surface area is 122 Å². The fraction of sp³-hybridized carbons (Fsp3) is 0.444. The fourth-order valence-corrected chi connectivity index (χ4v) is 2.95. The van der Waals surface area contributed by atoms with Gasteiger partial charge in [-0.2, -0.15) is 0 Å². The summed E-state index contributed by atoms with van der Waals surface area (Å²) in [6.45, 7) is 10.8. The molecule has 0 bridgehead atoms. The van der Waals surface area contributed by atoms with Crippen molar-refractivity contribution in [2.75, 3.05) is 0 Å². The lowest BCUT2D eigenvalue weighted by atomic mass is 10.0. The topological polar surface area (TPSA) is 17.0 Å². The average molecular weight is 270 g/mol. The van der Waals surface area contributed by atoms with E-state index in [1.54, 1.807) is 0 Å². The summed E-state index contributed by atoms with van der Waals surface area (Å²) in [7, 11) is 0. The van der Waals surface area contributed by atoms with E-state index in [1.165, 1.54) is 22.5 Å². The molecule has 1 heterocycles. The average Bonchev–Trinajstić information content (AvgIpc) is 2.75. The molecule has 1 unspecified atom stereocenters. The lowest BCUT2D eigenvalue weighted by molar-refractivity contribution is 0.517. The van der Waals surface area contributed by atoms with Gasteiger partial charge in [-0.25, -0.2) is 0 Å². The van der Waals surface area contributed by atoms with E-state index < -0.39 is 0 Å². The Hall–Kier alpha value is -1.54. The van der Waals surface area contributed by atoms with E-state index in [0.717, 1.165) is 19.5 Å². The molecular weight excluding hydrogens is 244 g/mol. The third kappa shape index (κ3) is 3.13. The molecule has 2 nitrogen and oxygen atoms in total. The van der Waals surface area contributed by atoms with Gasteiger partial charge >= 0.3 is 0 Å². The number of nitrogens with zero attached hydrogens (tertiary/aromatic N) is 1. The van der Waals surface area contributed by atoms with Gasteiger partial charge in [-0.05, 0) is 44.4 Å². The van der Waals surface area contributed by atoms with Crippen LogP contribution in [0.25, 0.3) is 0 Å². The van der Waals surface area contributed by atoms with Gasteiger partial charge in [0.05, 0.1) is 0 Å². The zero-order chi connectivity index (χ0) is 14.5. The lowest BCUT2D eigenvalue weighted by Gasteiger charge is -2.17. The fourth-order valence-electron chi connectivity index (χ4n) is 2.95. The molecule has 108 valence electrons. The molecule has 0 aliphatic heterocycles. The summed E-state index contributed by atoms with van der Waals surface area (Å²) in [5.74, 6) is 0. The highest BCUT2D eigenvalue weighted by molar-refractivity contribution is 5.27. The molecule has 2 heteroatoms. The van der Waals surface area contributed by atoms with Crippen LogP contribution in [0.15, 0.2) is 36.4 Å². The van der Waals surface area contributed by atoms with E-state index in [1.807, 2.05) is 0 Å². The Morgan fingerprint density at radius 2 is 1.80 bits per heavy atom. The third-order valence-corrected chi connectivity index (χ3v) is 4.14. The quantitative estimate of drug-likeness (QED) is 0.825. The molecule has 1 N–H and O–H groups in total. The van der Waals surface area contributed by atoms with Crippen LogP contribution in [0.5, 0.6) is 0 Å². The van der Waals surface area contributed by atoms with Crippen molar-refractivity contribution in [3.05, 3.63) is 58.9 Å². The van der Waals surface area contributed by atoms with Crippen molar-refractivity contribution in [1.82, 2.24) is 9.88 Å². The van der Waals surface area contributed by atoms with Crippen molar-refractivity contribution < 1.29 is 0 Å². The van der Waals surface area contributed by atoms with Gasteiger partial charge in [-0.1, -0.05) is 37.3 Å². The second-order valence-corrected chi connectivity index (χ2v) is 5.39. The first kappa shape index (κ1) is 14.9. The number of hydrogen-bond acceptors (Lipinski definition) is 1. The maximum Gasteiger partial charge on any atom is 0.0320 e. The zero-order valence-corrected chi connectivity index (χ0v) is 13.1. The van der Waals surface area contributed by atoms with Crippen molar-refractivity contribution in [3.63, 3.8) is 0 Å². The third-order valence-electron chi connectivity index (χ3n) is 4.14. The summed E-state index contributed by atoms with van der Waals surface area (Å²) >= 11 is 0. The minimum absolute atomic E-state index is 0.431. The van der Waals surface area contributed by atoms with Gasteiger partial charge in [0.15, 0.2) is 0 Å². The standard InChI is InChI=1S/C18H26N2/c1-5-18(16-10-8-7-9-11-16)19-13-17-12-14(3)20(6-2)15(17)4/h7-12,18-19H,5-6,13H2,1-4H3. The van der Waals surface area contributed by atoms with Crippen LogP contribution >= 0.6 is 0 Å². The van der Waals surface area contributed by atoms with Crippen LogP contribution in [0.4, 0.5) is 0 Å². The largest absolute Gasteiger partial charge is 0.349 e. The second-order valence-electron chi connectivity index (χ2n) is 5.39. The second kappa shape index (κ2) is 6.76. The number of benzene rings is 1. The molecule has 2 aromatic rings. The van der Waals surface area contributed by atoms with Crippen molar-refractivity contribution in [2.45, 2.75) is 53.2 Å². The molecule has 0 amide bonds. The molecular formula is C18H26N2. The van der Waals surface area contributed by atoms with Crippen LogP contribution in [0, 0.1) is 13.8 Å². The summed E-state index contributed by atoms with van der Waals surface area (Å²) in [5.41, 5.74) is 5.54. The highest BCUT2D eigenvalue weighted by Crippen LogP contribution is 2.19. The maximum atomic E-state index is 3.69. The molecule has 0 saturated heterocycles. The Kier molecular flexibility index (Phi) is 5.02. The minimum atomic E-state index is 0.431. The van der Waals surface area contributed by atoms with Gasteiger partial charge < -0.3 is 9.88 Å². The zero-order valence-electron chi connectivity index (χ0n) is 13.1. The number of rotatable bonds is 6. The molecule has 2 rings (SSSR count). The van der Waals surface area contributed by atoms with Crippen molar-refractivity contribution >= 4 is 0 Å². The SMILES string of the molecule is CCC(NCc1cc(C)n(CC)c1C)c1ccccc1. The summed E-state index contributed by atoms with van der Waals surface area (Å²) in [6.07, 6.45) is 1.11. The predicted molar refractivity (Wildman–Crippen MR) is 85.9 cm³/mol. The van der Waals surface area contributed by atoms with E-state index in [-0.39, 0.29) is 0 Å². The van der Waals surface area contributed by atoms with Gasteiger partial charge in [0.1, 0.15) is 0 Å². The molecule has 0 radical (unpaired) electrons. The highest BCUT2D eigenvalue weighted by Gasteiger charge is 2.11. The molecule has 0 spiro atoms. The Morgan fingerprint density at radius 3 is 2.35 bits per heavy atom. The first-order chi connectivity index (χ1) is 9.67. The van der Waals surface area contributed by atoms with Gasteiger partial charge in [0.25, 0.3) is 0 Å². The Balaban J connectivity index is 2.08. The summed E-state index contributed by atoms with van der Waals surface area (Å²) < 4.78 is 2.38. The summed E-state index contributed by atoms with van der Waals surface area (Å²) in [5, 5.41) is 3.69. The maximum absolute atomic E-state index is 3.69. The molecule has 0 saturated carbocycles. The van der Waals surface area contributed by atoms with Crippen molar-refractivity contribution in [3.8, 4) is 0 Å². The summed E-state index contributed by atoms with van der Waals surface area (Å²) in [6, 6.07) is 13.5. The van der Waals surface area contributed by atoms with E-state index in [9.17, 15) is 0 Å². The van der Waals surface area contributed by atoms with Gasteiger partial charge in [-0.3, -0.25) is 0 Å². The Morgan fingerprint density at radius 1 is 1.10 bits per heavy atom. The van der Waals surface area contributed by atoms with E-state index >= 15 is 0 Å². The van der Waals surface area contributed by atoms with Crippen LogP contribution in [0.2, 0.25) is 0 Å². The summed E-state index contributed by atoms with van der Waals surface area (Å²) in [4.78, 5) is 0. The first-order valence-corrected chi connectivity index (χ1v) is 7.61. The van der Waals surface area contributed by atoms with Crippen LogP contribution in [0.1, 0.15) is 48.8 Å². The van der Waals surface area contributed by atoms with Gasteiger partial charge in [0, 0.05) is 30.5 Å². The van der Waals surface area contributed by atoms with Crippen LogP contribution in [-0.2, 0) is 13.1 Å². The van der Waals surface area contributed by atoms with Crippen LogP contribution in [0.3, 0.4) is 0 Å². The number of hydrogen-bond donors (Lipinski definition) is 1. The van der Waals surface area contributed by atoms with E-state index in [0.29, 0.717) is 6.04 Å². The van der Waals surface area contributed by atoms with Crippen molar-refractivity contribution in [1.29, 1.82) is 0 Å². The molecule has 0 aliphatic rings. The number of nitrogens with one attached hydrogen (secondary N) is 1. The monoisotopic (exact) mass is 270 g/mol. The number of aryl methyl sites for hydroxylation is 1. The molecule has 1 aromatic carbocycles. The van der Waals surface area contributed by atoms with Crippen LogP contribution < -0.4 is 5.32 Å². The lowest BCUT2D eigenvalue weighted by Crippen LogP contribution is -2.20. The van der Waals surface area contributed by atoms with Gasteiger partial charge in [0.2, 0.25) is 0 Å². The minimum Gasteiger partial charge on any atom is -0.349 e. The smallest absolute Gasteiger partial charge is 0.0320 e. The molecule has 20 heavy (non-hydrogen) atoms. The molecule has 0 fully saturated rings. The predicted octanol–water partition coefficient (Wildman–Crippen LogP) is 4.37. The number of aromatic nitrogens is 1. The molecule has 1 aromatic heterocycles. The normalized spacial score (nSPS) is 12.6. The van der Waals surface area contributed by atoms with Gasteiger partial charge in [-0.15, -0.1) is 0 Å².